The van der Waals surface area contributed by atoms with Crippen molar-refractivity contribution in [3.8, 4) is 0 Å². The fourth-order valence-corrected chi connectivity index (χ4v) is 1.67. The van der Waals surface area contributed by atoms with Crippen LogP contribution in [0, 0.1) is 0 Å². The lowest BCUT2D eigenvalue weighted by atomic mass is 10.0. The molecule has 2 aromatic rings. The molecule has 2 nitrogen and oxygen atoms in total. The molecule has 1 heterocycles. The maximum atomic E-state index is 10.1. The summed E-state index contributed by atoms with van der Waals surface area (Å²) in [4.78, 5) is 3.94. The summed E-state index contributed by atoms with van der Waals surface area (Å²) in [5, 5.41) is 10.1. The van der Waals surface area contributed by atoms with Crippen molar-refractivity contribution in [1.82, 2.24) is 4.98 Å². The Labute approximate surface area is 95.6 Å². The Morgan fingerprint density at radius 3 is 2.12 bits per heavy atom. The molecule has 0 saturated heterocycles. The zero-order chi connectivity index (χ0) is 11.4. The van der Waals surface area contributed by atoms with E-state index < -0.39 is 6.10 Å². The Hall–Kier alpha value is -1.67. The molecule has 0 aliphatic heterocycles. The summed E-state index contributed by atoms with van der Waals surface area (Å²) >= 11 is 0. The maximum absolute atomic E-state index is 10.1. The third-order valence-electron chi connectivity index (χ3n) is 2.73. The zero-order valence-electron chi connectivity index (χ0n) is 9.30. The monoisotopic (exact) mass is 213 g/mol. The average molecular weight is 213 g/mol. The molecule has 2 rings (SSSR count). The highest BCUT2D eigenvalue weighted by Crippen LogP contribution is 2.21. The highest BCUT2D eigenvalue weighted by atomic mass is 16.3. The van der Waals surface area contributed by atoms with E-state index in [9.17, 15) is 5.11 Å². The highest BCUT2D eigenvalue weighted by molar-refractivity contribution is 5.30. The van der Waals surface area contributed by atoms with Crippen LogP contribution >= 0.6 is 0 Å². The van der Waals surface area contributed by atoms with Crippen LogP contribution in [-0.4, -0.2) is 10.1 Å². The molecular weight excluding hydrogens is 198 g/mol. The highest BCUT2D eigenvalue weighted by Gasteiger charge is 2.09. The summed E-state index contributed by atoms with van der Waals surface area (Å²) in [5.74, 6) is 0. The fourth-order valence-electron chi connectivity index (χ4n) is 1.67. The minimum atomic E-state index is -0.561. The van der Waals surface area contributed by atoms with Crippen LogP contribution in [0.2, 0.25) is 0 Å². The number of pyridine rings is 1. The number of aliphatic hydroxyl groups excluding tert-OH is 1. The molecule has 1 aromatic heterocycles. The molecule has 1 aromatic carbocycles. The molecule has 0 spiro atoms. The first-order valence-electron chi connectivity index (χ1n) is 5.48. The van der Waals surface area contributed by atoms with Gasteiger partial charge in [-0.3, -0.25) is 4.98 Å². The van der Waals surface area contributed by atoms with E-state index >= 15 is 0 Å². The van der Waals surface area contributed by atoms with Crippen LogP contribution in [0.25, 0.3) is 0 Å². The SMILES string of the molecule is CCc1ccc(C(O)c2ccncc2)cc1. The number of hydrogen-bond donors (Lipinski definition) is 1. The van der Waals surface area contributed by atoms with Gasteiger partial charge >= 0.3 is 0 Å². The number of nitrogens with zero attached hydrogens (tertiary/aromatic N) is 1. The molecule has 0 radical (unpaired) electrons. The first kappa shape index (κ1) is 10.8. The van der Waals surface area contributed by atoms with Gasteiger partial charge in [0.25, 0.3) is 0 Å². The van der Waals surface area contributed by atoms with Gasteiger partial charge in [0.05, 0.1) is 0 Å². The van der Waals surface area contributed by atoms with Crippen molar-refractivity contribution in [2.24, 2.45) is 0 Å². The second kappa shape index (κ2) is 4.90. The third kappa shape index (κ3) is 2.28. The van der Waals surface area contributed by atoms with Gasteiger partial charge in [-0.05, 0) is 35.2 Å². The summed E-state index contributed by atoms with van der Waals surface area (Å²) in [7, 11) is 0. The summed E-state index contributed by atoms with van der Waals surface area (Å²) in [6.45, 7) is 2.12. The molecular formula is C14H15NO. The minimum Gasteiger partial charge on any atom is -0.384 e. The van der Waals surface area contributed by atoms with E-state index in [1.165, 1.54) is 5.56 Å². The van der Waals surface area contributed by atoms with Gasteiger partial charge in [0.1, 0.15) is 6.10 Å². The van der Waals surface area contributed by atoms with Crippen molar-refractivity contribution < 1.29 is 5.11 Å². The normalized spacial score (nSPS) is 12.4. The number of aryl methyl sites for hydroxylation is 1. The third-order valence-corrected chi connectivity index (χ3v) is 2.73. The van der Waals surface area contributed by atoms with Gasteiger partial charge in [0, 0.05) is 12.4 Å². The molecule has 0 saturated carbocycles. The molecule has 2 heteroatoms. The van der Waals surface area contributed by atoms with E-state index in [1.54, 1.807) is 12.4 Å². The van der Waals surface area contributed by atoms with Gasteiger partial charge in [-0.1, -0.05) is 31.2 Å². The fraction of sp³-hybridized carbons (Fsp3) is 0.214. The standard InChI is InChI=1S/C14H15NO/c1-2-11-3-5-12(6-4-11)14(16)13-7-9-15-10-8-13/h3-10,14,16H,2H2,1H3. The minimum absolute atomic E-state index is 0.561. The zero-order valence-corrected chi connectivity index (χ0v) is 9.30. The van der Waals surface area contributed by atoms with Crippen molar-refractivity contribution in [2.45, 2.75) is 19.4 Å². The lowest BCUT2D eigenvalue weighted by Gasteiger charge is -2.11. The van der Waals surface area contributed by atoms with Gasteiger partial charge in [-0.25, -0.2) is 0 Å². The quantitative estimate of drug-likeness (QED) is 0.850. The Balaban J connectivity index is 2.24. The molecule has 1 atom stereocenters. The van der Waals surface area contributed by atoms with E-state index in [-0.39, 0.29) is 0 Å². The molecule has 0 aliphatic carbocycles. The van der Waals surface area contributed by atoms with Crippen LogP contribution in [0.4, 0.5) is 0 Å². The molecule has 0 fully saturated rings. The first-order valence-corrected chi connectivity index (χ1v) is 5.48. The van der Waals surface area contributed by atoms with Crippen molar-refractivity contribution in [3.05, 3.63) is 65.5 Å². The van der Waals surface area contributed by atoms with Gasteiger partial charge in [-0.2, -0.15) is 0 Å². The van der Waals surface area contributed by atoms with Crippen LogP contribution in [0.3, 0.4) is 0 Å². The van der Waals surface area contributed by atoms with E-state index in [0.717, 1.165) is 17.5 Å². The van der Waals surface area contributed by atoms with Gasteiger partial charge < -0.3 is 5.11 Å². The van der Waals surface area contributed by atoms with Gasteiger partial charge in [-0.15, -0.1) is 0 Å². The van der Waals surface area contributed by atoms with E-state index in [0.29, 0.717) is 0 Å². The lowest BCUT2D eigenvalue weighted by molar-refractivity contribution is 0.220. The second-order valence-corrected chi connectivity index (χ2v) is 3.78. The molecule has 0 bridgehead atoms. The Bertz CT molecular complexity index is 436. The van der Waals surface area contributed by atoms with Crippen molar-refractivity contribution in [2.75, 3.05) is 0 Å². The first-order chi connectivity index (χ1) is 7.81. The van der Waals surface area contributed by atoms with E-state index in [2.05, 4.69) is 24.0 Å². The van der Waals surface area contributed by atoms with Gasteiger partial charge in [0.15, 0.2) is 0 Å². The Kier molecular flexibility index (Phi) is 3.32. The number of aliphatic hydroxyl groups is 1. The van der Waals surface area contributed by atoms with Gasteiger partial charge in [0.2, 0.25) is 0 Å². The topological polar surface area (TPSA) is 33.1 Å². The Morgan fingerprint density at radius 1 is 1.00 bits per heavy atom. The molecule has 82 valence electrons. The predicted molar refractivity (Wildman–Crippen MR) is 64.1 cm³/mol. The van der Waals surface area contributed by atoms with E-state index in [1.807, 2.05) is 24.3 Å². The molecule has 0 amide bonds. The van der Waals surface area contributed by atoms with Crippen molar-refractivity contribution >= 4 is 0 Å². The van der Waals surface area contributed by atoms with Crippen LogP contribution in [0.5, 0.6) is 0 Å². The summed E-state index contributed by atoms with van der Waals surface area (Å²) < 4.78 is 0. The summed E-state index contributed by atoms with van der Waals surface area (Å²) in [6.07, 6.45) is 3.85. The van der Waals surface area contributed by atoms with E-state index in [4.69, 9.17) is 0 Å². The Morgan fingerprint density at radius 2 is 1.56 bits per heavy atom. The smallest absolute Gasteiger partial charge is 0.104 e. The average Bonchev–Trinajstić information content (AvgIpc) is 2.39. The summed E-state index contributed by atoms with van der Waals surface area (Å²) in [6, 6.07) is 11.7. The molecule has 1 unspecified atom stereocenters. The number of aromatic nitrogens is 1. The van der Waals surface area contributed by atoms with Crippen LogP contribution in [0.15, 0.2) is 48.8 Å². The lowest BCUT2D eigenvalue weighted by Crippen LogP contribution is -1.99. The number of hydrogen-bond acceptors (Lipinski definition) is 2. The predicted octanol–water partition coefficient (Wildman–Crippen LogP) is 2.73. The molecule has 16 heavy (non-hydrogen) atoms. The van der Waals surface area contributed by atoms with Crippen LogP contribution in [0.1, 0.15) is 29.7 Å². The molecule has 0 aliphatic rings. The largest absolute Gasteiger partial charge is 0.384 e. The summed E-state index contributed by atoms with van der Waals surface area (Å²) in [5.41, 5.74) is 3.08. The van der Waals surface area contributed by atoms with Crippen molar-refractivity contribution in [3.63, 3.8) is 0 Å². The van der Waals surface area contributed by atoms with Crippen LogP contribution < -0.4 is 0 Å². The van der Waals surface area contributed by atoms with Crippen LogP contribution in [-0.2, 0) is 6.42 Å². The molecule has 1 N–H and O–H groups in total. The van der Waals surface area contributed by atoms with Crippen molar-refractivity contribution in [1.29, 1.82) is 0 Å². The number of rotatable bonds is 3. The number of benzene rings is 1. The second-order valence-electron chi connectivity index (χ2n) is 3.78. The maximum Gasteiger partial charge on any atom is 0.104 e.